The number of ether oxygens (including phenoxy) is 2. The molecule has 2 aromatic rings. The number of benzene rings is 2. The van der Waals surface area contributed by atoms with Crippen molar-refractivity contribution in [1.82, 2.24) is 5.32 Å². The predicted molar refractivity (Wildman–Crippen MR) is 140 cm³/mol. The fourth-order valence-electron chi connectivity index (χ4n) is 6.30. The van der Waals surface area contributed by atoms with Crippen molar-refractivity contribution in [3.63, 3.8) is 0 Å². The molecule has 1 heterocycles. The van der Waals surface area contributed by atoms with Gasteiger partial charge in [0, 0.05) is 17.7 Å². The van der Waals surface area contributed by atoms with Gasteiger partial charge in [0.05, 0.1) is 36.5 Å². The summed E-state index contributed by atoms with van der Waals surface area (Å²) >= 11 is 6.63. The summed E-state index contributed by atoms with van der Waals surface area (Å²) < 4.78 is 10.9. The first kappa shape index (κ1) is 24.1. The van der Waals surface area contributed by atoms with Crippen LogP contribution in [0.15, 0.2) is 36.4 Å². The summed E-state index contributed by atoms with van der Waals surface area (Å²) in [7, 11) is 3.28. The molecule has 188 valence electrons. The quantitative estimate of drug-likeness (QED) is 0.418. The van der Waals surface area contributed by atoms with Gasteiger partial charge in [-0.1, -0.05) is 49.8 Å². The Labute approximate surface area is 213 Å². The Morgan fingerprint density at radius 2 is 1.66 bits per heavy atom. The maximum Gasteiger partial charge on any atom is 0.228 e. The molecular formula is C28H36ClN3O3. The Kier molecular flexibility index (Phi) is 7.01. The van der Waals surface area contributed by atoms with E-state index < -0.39 is 5.66 Å². The molecule has 2 aliphatic carbocycles. The molecular weight excluding hydrogens is 462 g/mol. The molecule has 2 aromatic carbocycles. The lowest BCUT2D eigenvalue weighted by Gasteiger charge is -2.42. The zero-order valence-electron chi connectivity index (χ0n) is 20.7. The summed E-state index contributed by atoms with van der Waals surface area (Å²) in [5, 5.41) is 11.5. The van der Waals surface area contributed by atoms with E-state index in [-0.39, 0.29) is 23.8 Å². The number of halogens is 1. The number of carbonyl (C=O) groups excluding carboxylic acids is 1. The van der Waals surface area contributed by atoms with Gasteiger partial charge in [-0.15, -0.1) is 0 Å². The van der Waals surface area contributed by atoms with Crippen molar-refractivity contribution in [2.45, 2.75) is 69.5 Å². The van der Waals surface area contributed by atoms with E-state index in [2.05, 4.69) is 16.0 Å². The van der Waals surface area contributed by atoms with E-state index >= 15 is 0 Å². The van der Waals surface area contributed by atoms with Gasteiger partial charge in [-0.25, -0.2) is 0 Å². The summed E-state index contributed by atoms with van der Waals surface area (Å²) in [6.07, 6.45) is 10.1. The van der Waals surface area contributed by atoms with Crippen molar-refractivity contribution in [1.29, 1.82) is 0 Å². The number of hydrogen-bond acceptors (Lipinski definition) is 5. The highest BCUT2D eigenvalue weighted by atomic mass is 35.5. The highest BCUT2D eigenvalue weighted by molar-refractivity contribution is 6.32. The van der Waals surface area contributed by atoms with E-state index in [1.54, 1.807) is 14.2 Å². The summed E-state index contributed by atoms with van der Waals surface area (Å²) in [6, 6.07) is 12.0. The molecule has 3 aliphatic rings. The number of rotatable bonds is 7. The molecule has 2 saturated carbocycles. The van der Waals surface area contributed by atoms with Crippen LogP contribution in [0.2, 0.25) is 5.02 Å². The van der Waals surface area contributed by atoms with Gasteiger partial charge in [-0.3, -0.25) is 4.79 Å². The Bertz CT molecular complexity index is 1070. The van der Waals surface area contributed by atoms with Gasteiger partial charge in [0.15, 0.2) is 0 Å². The molecule has 7 heteroatoms. The van der Waals surface area contributed by atoms with Crippen LogP contribution in [-0.4, -0.2) is 26.2 Å². The van der Waals surface area contributed by atoms with Crippen LogP contribution in [-0.2, 0) is 10.5 Å². The van der Waals surface area contributed by atoms with Crippen LogP contribution < -0.4 is 25.4 Å². The van der Waals surface area contributed by atoms with E-state index in [4.69, 9.17) is 21.1 Å². The van der Waals surface area contributed by atoms with Gasteiger partial charge >= 0.3 is 0 Å². The summed E-state index contributed by atoms with van der Waals surface area (Å²) in [4.78, 5) is 14.2. The molecule has 2 atom stereocenters. The zero-order valence-corrected chi connectivity index (χ0v) is 21.4. The smallest absolute Gasteiger partial charge is 0.228 e. The van der Waals surface area contributed by atoms with Crippen LogP contribution in [0.4, 0.5) is 11.4 Å². The van der Waals surface area contributed by atoms with Crippen molar-refractivity contribution in [2.24, 2.45) is 11.8 Å². The lowest BCUT2D eigenvalue weighted by Crippen LogP contribution is -2.56. The molecule has 3 N–H and O–H groups in total. The Balaban J connectivity index is 1.59. The van der Waals surface area contributed by atoms with Crippen molar-refractivity contribution in [3.05, 3.63) is 47.0 Å². The first-order valence-electron chi connectivity index (χ1n) is 12.9. The van der Waals surface area contributed by atoms with Crippen molar-refractivity contribution in [2.75, 3.05) is 24.9 Å². The third kappa shape index (κ3) is 4.65. The topological polar surface area (TPSA) is 71.6 Å². The van der Waals surface area contributed by atoms with Crippen molar-refractivity contribution in [3.8, 4) is 11.5 Å². The maximum absolute atomic E-state index is 14.2. The van der Waals surface area contributed by atoms with Crippen molar-refractivity contribution >= 4 is 28.9 Å². The molecule has 35 heavy (non-hydrogen) atoms. The molecule has 0 aromatic heterocycles. The summed E-state index contributed by atoms with van der Waals surface area (Å²) in [5.41, 5.74) is 1.96. The Morgan fingerprint density at radius 3 is 2.34 bits per heavy atom. The van der Waals surface area contributed by atoms with Gasteiger partial charge in [0.25, 0.3) is 0 Å². The second-order valence-electron chi connectivity index (χ2n) is 10.2. The van der Waals surface area contributed by atoms with Crippen LogP contribution >= 0.6 is 11.6 Å². The molecule has 0 bridgehead atoms. The number of hydrogen-bond donors (Lipinski definition) is 3. The number of methoxy groups -OCH3 is 2. The van der Waals surface area contributed by atoms with E-state index in [0.29, 0.717) is 10.8 Å². The number of amides is 1. The van der Waals surface area contributed by atoms with Gasteiger partial charge in [-0.2, -0.15) is 0 Å². The third-order valence-electron chi connectivity index (χ3n) is 8.07. The van der Waals surface area contributed by atoms with Gasteiger partial charge in [0.1, 0.15) is 17.2 Å². The highest BCUT2D eigenvalue weighted by Gasteiger charge is 2.52. The first-order valence-corrected chi connectivity index (χ1v) is 13.3. The summed E-state index contributed by atoms with van der Waals surface area (Å²) in [5.74, 6) is 1.46. The zero-order chi connectivity index (χ0) is 24.4. The molecule has 0 radical (unpaired) electrons. The SMILES string of the molecule is COc1ccc2c(c1)NC(c1ccc(OC)c(Cl)c1)(C(C(=O)NC1CCCCC1)C1CCCC1)N2. The maximum atomic E-state index is 14.2. The third-order valence-corrected chi connectivity index (χ3v) is 8.36. The van der Waals surface area contributed by atoms with Crippen LogP contribution in [0.3, 0.4) is 0 Å². The van der Waals surface area contributed by atoms with Crippen LogP contribution in [0.5, 0.6) is 11.5 Å². The molecule has 6 nitrogen and oxygen atoms in total. The molecule has 0 spiro atoms. The van der Waals surface area contributed by atoms with Gasteiger partial charge < -0.3 is 25.4 Å². The van der Waals surface area contributed by atoms with Gasteiger partial charge in [0.2, 0.25) is 5.91 Å². The Morgan fingerprint density at radius 1 is 0.943 bits per heavy atom. The van der Waals surface area contributed by atoms with E-state index in [1.165, 1.54) is 19.3 Å². The molecule has 2 unspecified atom stereocenters. The molecule has 1 aliphatic heterocycles. The average Bonchev–Trinajstić information content (AvgIpc) is 3.53. The fourth-order valence-corrected chi connectivity index (χ4v) is 6.56. The minimum Gasteiger partial charge on any atom is -0.497 e. The average molecular weight is 498 g/mol. The molecule has 1 amide bonds. The Hall–Kier alpha value is -2.60. The number of anilines is 2. The normalized spacial score (nSPS) is 23.2. The molecule has 2 fully saturated rings. The molecule has 0 saturated heterocycles. The monoisotopic (exact) mass is 497 g/mol. The van der Waals surface area contributed by atoms with E-state index in [1.807, 2.05) is 36.4 Å². The molecule has 5 rings (SSSR count). The van der Waals surface area contributed by atoms with Gasteiger partial charge in [-0.05, 0) is 55.9 Å². The second-order valence-corrected chi connectivity index (χ2v) is 10.6. The van der Waals surface area contributed by atoms with Crippen LogP contribution in [0.25, 0.3) is 0 Å². The standard InChI is InChI=1S/C28H36ClN3O3/c1-34-21-13-14-23-24(17-21)32-28(31-23,19-12-15-25(35-2)22(29)16-19)26(18-8-6-7-9-18)27(33)30-20-10-4-3-5-11-20/h12-18,20,26,31-32H,3-11H2,1-2H3,(H,30,33). The van der Waals surface area contributed by atoms with E-state index in [0.717, 1.165) is 61.2 Å². The minimum atomic E-state index is -0.835. The lowest BCUT2D eigenvalue weighted by atomic mass is 9.75. The lowest BCUT2D eigenvalue weighted by molar-refractivity contribution is -0.129. The van der Waals surface area contributed by atoms with Crippen LogP contribution in [0.1, 0.15) is 63.4 Å². The largest absolute Gasteiger partial charge is 0.497 e. The number of carbonyl (C=O) groups is 1. The van der Waals surface area contributed by atoms with Crippen LogP contribution in [0, 0.1) is 11.8 Å². The first-order chi connectivity index (χ1) is 17.0. The minimum absolute atomic E-state index is 0.121. The fraction of sp³-hybridized carbons (Fsp3) is 0.536. The highest BCUT2D eigenvalue weighted by Crippen LogP contribution is 2.50. The predicted octanol–water partition coefficient (Wildman–Crippen LogP) is 6.30. The second kappa shape index (κ2) is 10.2. The van der Waals surface area contributed by atoms with Crippen molar-refractivity contribution < 1.29 is 14.3 Å². The van der Waals surface area contributed by atoms with E-state index in [9.17, 15) is 4.79 Å². The summed E-state index contributed by atoms with van der Waals surface area (Å²) in [6.45, 7) is 0. The number of nitrogens with one attached hydrogen (secondary N) is 3. The number of fused-ring (bicyclic) bond motifs is 1.